The lowest BCUT2D eigenvalue weighted by atomic mass is 10.2. The maximum absolute atomic E-state index is 12.4. The Morgan fingerprint density at radius 2 is 2.24 bits per heavy atom. The number of likely N-dealkylation sites (tertiary alicyclic amines) is 1. The molecule has 0 aliphatic carbocycles. The Labute approximate surface area is 128 Å². The second-order valence-corrected chi connectivity index (χ2v) is 7.90. The molecule has 1 amide bonds. The number of aromatic nitrogens is 1. The fraction of sp³-hybridized carbons (Fsp3) is 0.600. The maximum Gasteiger partial charge on any atom is 0.410 e. The maximum atomic E-state index is 12.4. The van der Waals surface area contributed by atoms with E-state index in [1.165, 1.54) is 0 Å². The van der Waals surface area contributed by atoms with Crippen molar-refractivity contribution in [3.8, 4) is 0 Å². The van der Waals surface area contributed by atoms with E-state index in [1.807, 2.05) is 39.0 Å². The van der Waals surface area contributed by atoms with Gasteiger partial charge in [-0.1, -0.05) is 6.07 Å². The van der Waals surface area contributed by atoms with Crippen LogP contribution in [-0.2, 0) is 21.3 Å². The van der Waals surface area contributed by atoms with Crippen LogP contribution >= 0.6 is 0 Å². The third kappa shape index (κ3) is 4.81. The molecule has 0 N–H and O–H groups in total. The molecule has 2 heterocycles. The van der Waals surface area contributed by atoms with Gasteiger partial charge in [-0.05, 0) is 39.3 Å². The molecule has 0 saturated carbocycles. The highest BCUT2D eigenvalue weighted by Gasteiger charge is 2.32. The Hall–Kier alpha value is -1.43. The summed E-state index contributed by atoms with van der Waals surface area (Å²) in [4.78, 5) is 17.8. The number of hydrogen-bond donors (Lipinski definition) is 0. The first-order chi connectivity index (χ1) is 9.85. The summed E-state index contributed by atoms with van der Waals surface area (Å²) < 4.78 is 17.7. The van der Waals surface area contributed by atoms with Crippen LogP contribution in [0.4, 0.5) is 4.79 Å². The average Bonchev–Trinajstić information content (AvgIpc) is 2.87. The summed E-state index contributed by atoms with van der Waals surface area (Å²) in [5, 5.41) is -0.000440. The van der Waals surface area contributed by atoms with Crippen LogP contribution in [0.2, 0.25) is 0 Å². The largest absolute Gasteiger partial charge is 0.444 e. The van der Waals surface area contributed by atoms with E-state index in [4.69, 9.17) is 4.74 Å². The lowest BCUT2D eigenvalue weighted by Crippen LogP contribution is -2.36. The SMILES string of the molecule is CC(C)(C)OC(=O)N1CC[C@@H](S(=O)Cc2ccccn2)C1. The van der Waals surface area contributed by atoms with Gasteiger partial charge in [0.15, 0.2) is 0 Å². The highest BCUT2D eigenvalue weighted by Crippen LogP contribution is 2.20. The summed E-state index contributed by atoms with van der Waals surface area (Å²) in [6, 6.07) is 5.60. The number of pyridine rings is 1. The van der Waals surface area contributed by atoms with Crippen molar-refractivity contribution < 1.29 is 13.7 Å². The predicted molar refractivity (Wildman–Crippen MR) is 82.3 cm³/mol. The highest BCUT2D eigenvalue weighted by molar-refractivity contribution is 7.84. The lowest BCUT2D eigenvalue weighted by molar-refractivity contribution is 0.0295. The topological polar surface area (TPSA) is 59.5 Å². The van der Waals surface area contributed by atoms with Crippen molar-refractivity contribution in [2.45, 2.75) is 43.8 Å². The van der Waals surface area contributed by atoms with Crippen molar-refractivity contribution in [1.29, 1.82) is 0 Å². The monoisotopic (exact) mass is 310 g/mol. The first kappa shape index (κ1) is 15.9. The van der Waals surface area contributed by atoms with Crippen LogP contribution in [0.5, 0.6) is 0 Å². The van der Waals surface area contributed by atoms with E-state index in [2.05, 4.69) is 4.98 Å². The van der Waals surface area contributed by atoms with Gasteiger partial charge in [0.05, 0.1) is 16.7 Å². The second-order valence-electron chi connectivity index (χ2n) is 6.18. The molecule has 1 saturated heterocycles. The minimum atomic E-state index is -1.02. The van der Waals surface area contributed by atoms with Crippen LogP contribution in [0.15, 0.2) is 24.4 Å². The number of amides is 1. The Morgan fingerprint density at radius 1 is 1.48 bits per heavy atom. The van der Waals surface area contributed by atoms with Crippen LogP contribution in [0.25, 0.3) is 0 Å². The van der Waals surface area contributed by atoms with Gasteiger partial charge in [0.1, 0.15) is 5.60 Å². The highest BCUT2D eigenvalue weighted by atomic mass is 32.2. The van der Waals surface area contributed by atoms with Crippen molar-refractivity contribution >= 4 is 16.9 Å². The van der Waals surface area contributed by atoms with Crippen LogP contribution in [0.1, 0.15) is 32.9 Å². The molecule has 0 spiro atoms. The van der Waals surface area contributed by atoms with Crippen molar-refractivity contribution in [2.75, 3.05) is 13.1 Å². The fourth-order valence-electron chi connectivity index (χ4n) is 2.18. The summed E-state index contributed by atoms with van der Waals surface area (Å²) in [5.74, 6) is 0.438. The summed E-state index contributed by atoms with van der Waals surface area (Å²) in [6.07, 6.45) is 2.13. The van der Waals surface area contributed by atoms with Crippen molar-refractivity contribution in [2.24, 2.45) is 0 Å². The van der Waals surface area contributed by atoms with Crippen LogP contribution in [-0.4, -0.2) is 44.1 Å². The Bertz CT molecular complexity index is 513. The molecular weight excluding hydrogens is 288 g/mol. The van der Waals surface area contributed by atoms with Gasteiger partial charge in [0.2, 0.25) is 0 Å². The summed E-state index contributed by atoms with van der Waals surface area (Å²) in [6.45, 7) is 6.63. The van der Waals surface area contributed by atoms with Gasteiger partial charge >= 0.3 is 6.09 Å². The Morgan fingerprint density at radius 3 is 2.86 bits per heavy atom. The molecule has 1 fully saturated rings. The van der Waals surface area contributed by atoms with Crippen LogP contribution < -0.4 is 0 Å². The zero-order valence-corrected chi connectivity index (χ0v) is 13.6. The normalized spacial score (nSPS) is 20.3. The molecule has 1 unspecified atom stereocenters. The van der Waals surface area contributed by atoms with Gasteiger partial charge in [-0.25, -0.2) is 4.79 Å². The molecule has 21 heavy (non-hydrogen) atoms. The third-order valence-electron chi connectivity index (χ3n) is 3.18. The van der Waals surface area contributed by atoms with E-state index in [0.717, 1.165) is 12.1 Å². The van der Waals surface area contributed by atoms with E-state index >= 15 is 0 Å². The van der Waals surface area contributed by atoms with E-state index in [1.54, 1.807) is 11.1 Å². The first-order valence-electron chi connectivity index (χ1n) is 7.10. The van der Waals surface area contributed by atoms with Gasteiger partial charge in [0, 0.05) is 30.1 Å². The molecule has 0 aromatic carbocycles. The molecule has 5 nitrogen and oxygen atoms in total. The lowest BCUT2D eigenvalue weighted by Gasteiger charge is -2.24. The van der Waals surface area contributed by atoms with E-state index in [-0.39, 0.29) is 11.3 Å². The smallest absolute Gasteiger partial charge is 0.410 e. The molecule has 0 radical (unpaired) electrons. The zero-order chi connectivity index (χ0) is 15.5. The quantitative estimate of drug-likeness (QED) is 0.860. The Kier molecular flexibility index (Phi) is 4.98. The van der Waals surface area contributed by atoms with E-state index < -0.39 is 16.4 Å². The second kappa shape index (κ2) is 6.56. The van der Waals surface area contributed by atoms with Gasteiger partial charge in [-0.15, -0.1) is 0 Å². The van der Waals surface area contributed by atoms with Crippen LogP contribution in [0.3, 0.4) is 0 Å². The molecule has 6 heteroatoms. The van der Waals surface area contributed by atoms with Gasteiger partial charge in [0.25, 0.3) is 0 Å². The molecule has 1 aromatic heterocycles. The minimum absolute atomic E-state index is 0.000440. The number of rotatable bonds is 3. The molecule has 1 aliphatic heterocycles. The molecule has 1 aromatic rings. The molecule has 116 valence electrons. The van der Waals surface area contributed by atoms with Gasteiger partial charge < -0.3 is 9.64 Å². The number of nitrogens with zero attached hydrogens (tertiary/aromatic N) is 2. The van der Waals surface area contributed by atoms with Gasteiger partial charge in [-0.3, -0.25) is 9.19 Å². The third-order valence-corrected chi connectivity index (χ3v) is 4.89. The number of hydrogen-bond acceptors (Lipinski definition) is 4. The molecule has 2 atom stereocenters. The molecular formula is C15H22N2O3S. The Balaban J connectivity index is 1.87. The standard InChI is InChI=1S/C15H22N2O3S/c1-15(2,3)20-14(18)17-9-7-13(10-17)21(19)11-12-6-4-5-8-16-12/h4-6,8,13H,7,9-11H2,1-3H3/t13-,21?/m1/s1. The first-order valence-corrected chi connectivity index (χ1v) is 8.48. The summed E-state index contributed by atoms with van der Waals surface area (Å²) in [7, 11) is -1.02. The van der Waals surface area contributed by atoms with E-state index in [0.29, 0.717) is 18.8 Å². The number of ether oxygens (including phenoxy) is 1. The van der Waals surface area contributed by atoms with E-state index in [9.17, 15) is 9.00 Å². The average molecular weight is 310 g/mol. The zero-order valence-electron chi connectivity index (χ0n) is 12.7. The molecule has 1 aliphatic rings. The van der Waals surface area contributed by atoms with Crippen LogP contribution in [0, 0.1) is 0 Å². The van der Waals surface area contributed by atoms with Crippen molar-refractivity contribution in [3.05, 3.63) is 30.1 Å². The molecule has 2 rings (SSSR count). The predicted octanol–water partition coefficient (Wildman–Crippen LogP) is 2.34. The van der Waals surface area contributed by atoms with Crippen molar-refractivity contribution in [3.63, 3.8) is 0 Å². The minimum Gasteiger partial charge on any atom is -0.444 e. The fourth-order valence-corrected chi connectivity index (χ4v) is 3.59. The number of carbonyl (C=O) groups excluding carboxylic acids is 1. The van der Waals surface area contributed by atoms with Crippen molar-refractivity contribution in [1.82, 2.24) is 9.88 Å². The van der Waals surface area contributed by atoms with Gasteiger partial charge in [-0.2, -0.15) is 0 Å². The number of carbonyl (C=O) groups is 1. The molecule has 0 bridgehead atoms. The summed E-state index contributed by atoms with van der Waals surface area (Å²) in [5.41, 5.74) is 0.328. The summed E-state index contributed by atoms with van der Waals surface area (Å²) >= 11 is 0.